The molecule has 0 aliphatic heterocycles. The van der Waals surface area contributed by atoms with Crippen LogP contribution in [0.15, 0.2) is 48.5 Å². The fourth-order valence-corrected chi connectivity index (χ4v) is 4.77. The van der Waals surface area contributed by atoms with Crippen molar-refractivity contribution in [2.75, 3.05) is 0 Å². The van der Waals surface area contributed by atoms with Crippen molar-refractivity contribution in [3.63, 3.8) is 0 Å². The average molecular weight is 365 g/mol. The minimum Gasteiger partial charge on any atom is -0.349 e. The first kappa shape index (κ1) is 17.2. The number of aryl methyl sites for hydroxylation is 2. The van der Waals surface area contributed by atoms with Gasteiger partial charge in [0, 0.05) is 6.42 Å². The van der Waals surface area contributed by atoms with Crippen molar-refractivity contribution in [3.05, 3.63) is 64.7 Å². The Hall–Kier alpha value is -2.20. The number of hydrogen-bond acceptors (Lipinski definition) is 3. The summed E-state index contributed by atoms with van der Waals surface area (Å²) in [6, 6.07) is 17.0. The van der Waals surface area contributed by atoms with E-state index < -0.39 is 0 Å². The number of carbonyl (C=O) groups is 1. The molecule has 1 amide bonds. The van der Waals surface area contributed by atoms with Crippen LogP contribution < -0.4 is 5.32 Å². The highest BCUT2D eigenvalue weighted by molar-refractivity contribution is 7.18. The van der Waals surface area contributed by atoms with Gasteiger partial charge in [-0.15, -0.1) is 11.3 Å². The van der Waals surface area contributed by atoms with E-state index in [1.165, 1.54) is 20.8 Å². The SMILES string of the molecule is O=C(CCCCc1nc2ccccc2s1)N[C@@H]1CCCc2ccccc21. The number of hydrogen-bond donors (Lipinski definition) is 1. The van der Waals surface area contributed by atoms with Crippen molar-refractivity contribution in [2.24, 2.45) is 0 Å². The van der Waals surface area contributed by atoms with Gasteiger partial charge in [-0.3, -0.25) is 4.79 Å². The summed E-state index contributed by atoms with van der Waals surface area (Å²) in [6.45, 7) is 0. The number of fused-ring (bicyclic) bond motifs is 2. The van der Waals surface area contributed by atoms with Crippen LogP contribution in [0.2, 0.25) is 0 Å². The predicted octanol–water partition coefficient (Wildman–Crippen LogP) is 5.20. The third-order valence-electron chi connectivity index (χ3n) is 5.09. The van der Waals surface area contributed by atoms with Crippen LogP contribution in [-0.4, -0.2) is 10.9 Å². The fraction of sp³-hybridized carbons (Fsp3) is 0.364. The summed E-state index contributed by atoms with van der Waals surface area (Å²) in [5.74, 6) is 0.177. The van der Waals surface area contributed by atoms with E-state index in [0.29, 0.717) is 6.42 Å². The summed E-state index contributed by atoms with van der Waals surface area (Å²) in [5, 5.41) is 4.42. The van der Waals surface area contributed by atoms with E-state index in [0.717, 1.165) is 44.0 Å². The maximum absolute atomic E-state index is 12.3. The molecule has 1 atom stereocenters. The van der Waals surface area contributed by atoms with Crippen LogP contribution in [-0.2, 0) is 17.6 Å². The fourth-order valence-electron chi connectivity index (χ4n) is 3.76. The standard InChI is InChI=1S/C22H24N2OS/c25-21(23-18-12-7-9-16-8-1-2-10-17(16)18)14-5-6-15-22-24-19-11-3-4-13-20(19)26-22/h1-4,8,10-11,13,18H,5-7,9,12,14-15H2,(H,23,25)/t18-/m1/s1. The number of para-hydroxylation sites is 1. The molecule has 4 heteroatoms. The molecule has 26 heavy (non-hydrogen) atoms. The molecule has 3 nitrogen and oxygen atoms in total. The Kier molecular flexibility index (Phi) is 5.30. The summed E-state index contributed by atoms with van der Waals surface area (Å²) >= 11 is 1.77. The lowest BCUT2D eigenvalue weighted by Crippen LogP contribution is -2.30. The van der Waals surface area contributed by atoms with E-state index >= 15 is 0 Å². The van der Waals surface area contributed by atoms with E-state index in [-0.39, 0.29) is 11.9 Å². The van der Waals surface area contributed by atoms with E-state index in [9.17, 15) is 4.79 Å². The van der Waals surface area contributed by atoms with Gasteiger partial charge in [0.1, 0.15) is 0 Å². The normalized spacial score (nSPS) is 16.4. The molecule has 0 spiro atoms. The Balaban J connectivity index is 1.24. The van der Waals surface area contributed by atoms with Gasteiger partial charge in [-0.05, 0) is 61.8 Å². The van der Waals surface area contributed by atoms with Crippen LogP contribution in [0.25, 0.3) is 10.2 Å². The topological polar surface area (TPSA) is 42.0 Å². The molecule has 4 rings (SSSR count). The number of unbranched alkanes of at least 4 members (excludes halogenated alkanes) is 1. The van der Waals surface area contributed by atoms with Crippen molar-refractivity contribution in [2.45, 2.75) is 51.0 Å². The van der Waals surface area contributed by atoms with Crippen LogP contribution in [0.1, 0.15) is 54.3 Å². The zero-order valence-corrected chi connectivity index (χ0v) is 15.7. The van der Waals surface area contributed by atoms with Crippen LogP contribution in [0.5, 0.6) is 0 Å². The molecule has 1 aliphatic carbocycles. The summed E-state index contributed by atoms with van der Waals surface area (Å²) in [6.07, 6.45) is 6.81. The van der Waals surface area contributed by atoms with Crippen molar-refractivity contribution >= 4 is 27.5 Å². The molecule has 0 saturated carbocycles. The first-order valence-corrected chi connectivity index (χ1v) is 10.3. The molecular weight excluding hydrogens is 340 g/mol. The van der Waals surface area contributed by atoms with Gasteiger partial charge in [0.25, 0.3) is 0 Å². The number of benzene rings is 2. The van der Waals surface area contributed by atoms with Crippen LogP contribution >= 0.6 is 11.3 Å². The largest absolute Gasteiger partial charge is 0.349 e. The Bertz CT molecular complexity index is 869. The van der Waals surface area contributed by atoms with Crippen LogP contribution in [0.4, 0.5) is 0 Å². The van der Waals surface area contributed by atoms with Gasteiger partial charge >= 0.3 is 0 Å². The maximum atomic E-state index is 12.3. The lowest BCUT2D eigenvalue weighted by atomic mass is 9.87. The van der Waals surface area contributed by atoms with Gasteiger partial charge in [0.15, 0.2) is 0 Å². The molecule has 3 aromatic rings. The van der Waals surface area contributed by atoms with E-state index in [1.807, 2.05) is 6.07 Å². The molecule has 0 bridgehead atoms. The van der Waals surface area contributed by atoms with Gasteiger partial charge < -0.3 is 5.32 Å². The summed E-state index contributed by atoms with van der Waals surface area (Å²) in [7, 11) is 0. The highest BCUT2D eigenvalue weighted by atomic mass is 32.1. The molecule has 0 fully saturated rings. The third-order valence-corrected chi connectivity index (χ3v) is 6.18. The number of amides is 1. The lowest BCUT2D eigenvalue weighted by Gasteiger charge is -2.26. The Morgan fingerprint density at radius 1 is 1.12 bits per heavy atom. The van der Waals surface area contributed by atoms with E-state index in [1.54, 1.807) is 11.3 Å². The highest BCUT2D eigenvalue weighted by Gasteiger charge is 2.20. The Labute approximate surface area is 158 Å². The number of carbonyl (C=O) groups excluding carboxylic acids is 1. The molecular formula is C22H24N2OS. The number of thiazole rings is 1. The average Bonchev–Trinajstić information content (AvgIpc) is 3.08. The molecule has 1 N–H and O–H groups in total. The molecule has 134 valence electrons. The maximum Gasteiger partial charge on any atom is 0.220 e. The number of nitrogens with zero attached hydrogens (tertiary/aromatic N) is 1. The van der Waals surface area contributed by atoms with E-state index in [2.05, 4.69) is 52.8 Å². The smallest absolute Gasteiger partial charge is 0.220 e. The number of rotatable bonds is 6. The van der Waals surface area contributed by atoms with Crippen molar-refractivity contribution in [1.29, 1.82) is 0 Å². The van der Waals surface area contributed by atoms with Gasteiger partial charge in [0.2, 0.25) is 5.91 Å². The second kappa shape index (κ2) is 8.00. The van der Waals surface area contributed by atoms with Crippen molar-refractivity contribution in [1.82, 2.24) is 10.3 Å². The van der Waals surface area contributed by atoms with Crippen molar-refractivity contribution < 1.29 is 4.79 Å². The monoisotopic (exact) mass is 364 g/mol. The minimum atomic E-state index is 0.177. The minimum absolute atomic E-state index is 0.177. The molecule has 0 unspecified atom stereocenters. The van der Waals surface area contributed by atoms with Crippen molar-refractivity contribution in [3.8, 4) is 0 Å². The highest BCUT2D eigenvalue weighted by Crippen LogP contribution is 2.29. The third kappa shape index (κ3) is 3.96. The second-order valence-electron chi connectivity index (χ2n) is 6.99. The molecule has 0 saturated heterocycles. The van der Waals surface area contributed by atoms with Crippen LogP contribution in [0, 0.1) is 0 Å². The zero-order chi connectivity index (χ0) is 17.8. The first-order chi connectivity index (χ1) is 12.8. The Morgan fingerprint density at radius 3 is 2.88 bits per heavy atom. The molecule has 0 radical (unpaired) electrons. The quantitative estimate of drug-likeness (QED) is 0.611. The first-order valence-electron chi connectivity index (χ1n) is 9.51. The van der Waals surface area contributed by atoms with Crippen LogP contribution in [0.3, 0.4) is 0 Å². The van der Waals surface area contributed by atoms with Gasteiger partial charge in [-0.2, -0.15) is 0 Å². The zero-order valence-electron chi connectivity index (χ0n) is 14.9. The predicted molar refractivity (Wildman–Crippen MR) is 107 cm³/mol. The molecule has 2 aromatic carbocycles. The van der Waals surface area contributed by atoms with E-state index in [4.69, 9.17) is 0 Å². The Morgan fingerprint density at radius 2 is 1.96 bits per heavy atom. The molecule has 1 aliphatic rings. The summed E-state index contributed by atoms with van der Waals surface area (Å²) < 4.78 is 1.25. The van der Waals surface area contributed by atoms with Gasteiger partial charge in [-0.25, -0.2) is 4.98 Å². The second-order valence-corrected chi connectivity index (χ2v) is 8.11. The number of nitrogens with one attached hydrogen (secondary N) is 1. The lowest BCUT2D eigenvalue weighted by molar-refractivity contribution is -0.122. The number of aromatic nitrogens is 1. The summed E-state index contributed by atoms with van der Waals surface area (Å²) in [4.78, 5) is 17.0. The van der Waals surface area contributed by atoms with Gasteiger partial charge in [0.05, 0.1) is 21.3 Å². The molecule has 1 aromatic heterocycles. The summed E-state index contributed by atoms with van der Waals surface area (Å²) in [5.41, 5.74) is 3.78. The molecule has 1 heterocycles. The van der Waals surface area contributed by atoms with Gasteiger partial charge in [-0.1, -0.05) is 36.4 Å².